The zero-order valence-corrected chi connectivity index (χ0v) is 28.8. The number of hydrogen-bond acceptors (Lipinski definition) is 4. The Bertz CT molecular complexity index is 1260. The summed E-state index contributed by atoms with van der Waals surface area (Å²) in [6.07, 6.45) is 8.15. The monoisotopic (exact) mass is 622 g/mol. The number of imidazole rings is 1. The van der Waals surface area contributed by atoms with Gasteiger partial charge in [0, 0.05) is 19.3 Å². The molecule has 1 aromatic carbocycles. The Kier molecular flexibility index (Phi) is 9.02. The zero-order valence-electron chi connectivity index (χ0n) is 22.5. The largest absolute Gasteiger partial charge is 1.00 e. The fourth-order valence-corrected chi connectivity index (χ4v) is 5.96. The summed E-state index contributed by atoms with van der Waals surface area (Å²) in [7, 11) is 0. The van der Waals surface area contributed by atoms with Gasteiger partial charge < -0.3 is 23.0 Å². The first kappa shape index (κ1) is 28.9. The van der Waals surface area contributed by atoms with Gasteiger partial charge in [0.2, 0.25) is 5.91 Å². The third-order valence-electron chi connectivity index (χ3n) is 8.22. The van der Waals surface area contributed by atoms with Crippen LogP contribution >= 0.6 is 0 Å². The van der Waals surface area contributed by atoms with Crippen molar-refractivity contribution in [3.63, 3.8) is 0 Å². The summed E-state index contributed by atoms with van der Waals surface area (Å²) < 4.78 is 1.74. The minimum absolute atomic E-state index is 0. The minimum Gasteiger partial charge on any atom is -0.358 e. The molecule has 0 spiro atoms. The summed E-state index contributed by atoms with van der Waals surface area (Å²) in [5.74, 6) is 2.57. The molecule has 3 fully saturated rings. The molecule has 9 heteroatoms. The number of hydrogen-bond donors (Lipinski definition) is 3. The summed E-state index contributed by atoms with van der Waals surface area (Å²) in [5.41, 5.74) is 3.21. The molecular formula is C28H37CsN6O2. The van der Waals surface area contributed by atoms with E-state index < -0.39 is 0 Å². The van der Waals surface area contributed by atoms with Crippen molar-refractivity contribution in [3.05, 3.63) is 55.0 Å². The van der Waals surface area contributed by atoms with Crippen LogP contribution in [0.1, 0.15) is 73.9 Å². The van der Waals surface area contributed by atoms with E-state index in [4.69, 9.17) is 4.98 Å². The first-order valence-electron chi connectivity index (χ1n) is 13.0. The molecule has 0 radical (unpaired) electrons. The van der Waals surface area contributed by atoms with E-state index in [0.717, 1.165) is 35.4 Å². The molecule has 2 atom stereocenters. The molecule has 8 nitrogen and oxygen atoms in total. The molecule has 192 valence electrons. The second kappa shape index (κ2) is 11.6. The molecule has 3 N–H and O–H groups in total. The smallest absolute Gasteiger partial charge is 0.358 e. The van der Waals surface area contributed by atoms with Crippen molar-refractivity contribution in [1.82, 2.24) is 30.4 Å². The number of aromatic nitrogens is 4. The molecule has 3 heterocycles. The third kappa shape index (κ3) is 5.91. The van der Waals surface area contributed by atoms with Gasteiger partial charge in [-0.25, -0.2) is 4.98 Å². The van der Waals surface area contributed by atoms with Gasteiger partial charge in [0.25, 0.3) is 5.91 Å². The van der Waals surface area contributed by atoms with Gasteiger partial charge in [-0.1, -0.05) is 13.0 Å². The maximum absolute atomic E-state index is 13.3. The van der Waals surface area contributed by atoms with Gasteiger partial charge in [0.15, 0.2) is 0 Å². The zero-order chi connectivity index (χ0) is 24.2. The van der Waals surface area contributed by atoms with Crippen LogP contribution in [0.3, 0.4) is 0 Å². The molecule has 2 unspecified atom stereocenters. The van der Waals surface area contributed by atoms with Crippen molar-refractivity contribution in [2.24, 2.45) is 23.2 Å². The molecule has 2 aliphatic carbocycles. The summed E-state index contributed by atoms with van der Waals surface area (Å²) >= 11 is 0. The van der Waals surface area contributed by atoms with Crippen LogP contribution < -0.4 is 79.5 Å². The predicted molar refractivity (Wildman–Crippen MR) is 139 cm³/mol. The number of amides is 2. The molecule has 0 bridgehead atoms. The van der Waals surface area contributed by atoms with E-state index >= 15 is 0 Å². The quantitative estimate of drug-likeness (QED) is 0.312. The van der Waals surface area contributed by atoms with E-state index in [2.05, 4.69) is 32.8 Å². The Balaban J connectivity index is 0.00000160. The number of carbonyl (C=O) groups is 2. The van der Waals surface area contributed by atoms with E-state index in [0.29, 0.717) is 36.4 Å². The van der Waals surface area contributed by atoms with E-state index in [9.17, 15) is 9.59 Å². The van der Waals surface area contributed by atoms with Crippen LogP contribution in [0.25, 0.3) is 11.0 Å². The summed E-state index contributed by atoms with van der Waals surface area (Å²) in [6, 6.07) is 7.86. The predicted octanol–water partition coefficient (Wildman–Crippen LogP) is 1.21. The molecule has 2 saturated carbocycles. The number of H-pyrrole nitrogens is 1. The van der Waals surface area contributed by atoms with E-state index in [1.54, 1.807) is 16.9 Å². The molecule has 37 heavy (non-hydrogen) atoms. The Labute approximate surface area is 277 Å². The van der Waals surface area contributed by atoms with Crippen LogP contribution in [0.2, 0.25) is 0 Å². The number of rotatable bonds is 9. The number of fused-ring (bicyclic) bond motifs is 1. The Morgan fingerprint density at radius 1 is 1.22 bits per heavy atom. The van der Waals surface area contributed by atoms with Crippen molar-refractivity contribution in [2.75, 3.05) is 6.54 Å². The second-order valence-corrected chi connectivity index (χ2v) is 11.0. The van der Waals surface area contributed by atoms with Gasteiger partial charge in [0.1, 0.15) is 11.5 Å². The summed E-state index contributed by atoms with van der Waals surface area (Å²) in [4.78, 5) is 34.2. The van der Waals surface area contributed by atoms with Crippen molar-refractivity contribution < 1.29 is 78.5 Å². The molecule has 2 aromatic heterocycles. The van der Waals surface area contributed by atoms with E-state index in [-0.39, 0.29) is 99.6 Å². The Morgan fingerprint density at radius 2 is 1.95 bits per heavy atom. The van der Waals surface area contributed by atoms with Gasteiger partial charge in [-0.3, -0.25) is 14.3 Å². The van der Waals surface area contributed by atoms with E-state index in [1.165, 1.54) is 25.7 Å². The number of nitrogens with one attached hydrogen (secondary N) is 3. The topological polar surface area (TPSA) is 105 Å². The van der Waals surface area contributed by atoms with Gasteiger partial charge >= 0.3 is 68.9 Å². The molecule has 1 aliphatic heterocycles. The van der Waals surface area contributed by atoms with Crippen LogP contribution in [-0.2, 0) is 17.8 Å². The first-order chi connectivity index (χ1) is 16.9. The minimum atomic E-state index is -0.363. The average Bonchev–Trinajstić information content (AvgIpc) is 3.74. The fourth-order valence-electron chi connectivity index (χ4n) is 5.96. The van der Waals surface area contributed by atoms with Crippen molar-refractivity contribution in [3.8, 4) is 0 Å². The maximum atomic E-state index is 13.3. The van der Waals surface area contributed by atoms with Crippen LogP contribution in [0, 0.1) is 30.6 Å². The number of nitrogens with zero attached hydrogens (tertiary/aromatic N) is 3. The van der Waals surface area contributed by atoms with Crippen LogP contribution in [-0.4, -0.2) is 38.1 Å². The number of aryl methyl sites for hydroxylation is 1. The SMILES string of the molecule is CCn1nccc1C(=O)NC(c1nc2ccc(CC3(C)CCNC3=O)cc2[nH]1)C(C1CC1)C1CC1.[CH3-].[Cs+]. The van der Waals surface area contributed by atoms with Gasteiger partial charge in [-0.15, -0.1) is 0 Å². The van der Waals surface area contributed by atoms with Crippen molar-refractivity contribution >= 4 is 22.8 Å². The third-order valence-corrected chi connectivity index (χ3v) is 8.22. The number of aromatic amines is 1. The van der Waals surface area contributed by atoms with Crippen LogP contribution in [0.4, 0.5) is 0 Å². The van der Waals surface area contributed by atoms with Gasteiger partial charge in [-0.2, -0.15) is 5.10 Å². The number of carbonyl (C=O) groups excluding carboxylic acids is 2. The van der Waals surface area contributed by atoms with Crippen molar-refractivity contribution in [2.45, 2.75) is 65.0 Å². The summed E-state index contributed by atoms with van der Waals surface area (Å²) in [6.45, 7) is 5.43. The van der Waals surface area contributed by atoms with Gasteiger partial charge in [0.05, 0.1) is 22.5 Å². The average molecular weight is 623 g/mol. The van der Waals surface area contributed by atoms with Crippen LogP contribution in [0.5, 0.6) is 0 Å². The normalized spacial score (nSPS) is 21.9. The van der Waals surface area contributed by atoms with Crippen LogP contribution in [0.15, 0.2) is 30.5 Å². The van der Waals surface area contributed by atoms with Gasteiger partial charge in [-0.05, 0) is 87.0 Å². The maximum Gasteiger partial charge on any atom is 1.00 e. The summed E-state index contributed by atoms with van der Waals surface area (Å²) in [5, 5.41) is 10.6. The standard InChI is InChI=1S/C27H34N6O2.CH3.Cs/c1-3-33-21(10-12-29-33)25(34)32-23(22(17-5-6-17)18-7-8-18)24-30-19-9-4-16(14-20(19)31-24)15-27(2)11-13-28-26(27)35;;/h4,9-10,12,14,17-18,22-23H,3,5-8,11,13,15H2,1-2H3,(H,28,35)(H,30,31)(H,32,34);1H3;/q;-1;+1. The Hall–Kier alpha value is -1.11. The van der Waals surface area contributed by atoms with Crippen molar-refractivity contribution in [1.29, 1.82) is 0 Å². The first-order valence-corrected chi connectivity index (χ1v) is 13.0. The molecule has 2 amide bonds. The van der Waals surface area contributed by atoms with E-state index in [1.807, 2.05) is 19.9 Å². The Morgan fingerprint density at radius 3 is 2.57 bits per heavy atom. The number of benzene rings is 1. The second-order valence-electron chi connectivity index (χ2n) is 11.0. The molecule has 3 aliphatic rings. The molecule has 1 saturated heterocycles. The fraction of sp³-hybridized carbons (Fsp3) is 0.536. The molecule has 3 aromatic rings. The molecule has 6 rings (SSSR count). The molecular weight excluding hydrogens is 585 g/mol.